The SMILES string of the molecule is CCOC(=O)N1CCc2c(sc(NC(=O)Cc3ccc(S(=O)(=O)C(C)C)cc3)c2C#N)C1. The molecule has 0 saturated carbocycles. The molecule has 1 aliphatic heterocycles. The summed E-state index contributed by atoms with van der Waals surface area (Å²) in [5.74, 6) is -0.304. The van der Waals surface area contributed by atoms with Gasteiger partial charge in [-0.1, -0.05) is 12.1 Å². The Morgan fingerprint density at radius 2 is 1.97 bits per heavy atom. The van der Waals surface area contributed by atoms with Crippen molar-refractivity contribution in [1.29, 1.82) is 5.26 Å². The first kappa shape index (κ1) is 23.8. The van der Waals surface area contributed by atoms with Gasteiger partial charge in [0.05, 0.1) is 35.3 Å². The molecule has 10 heteroatoms. The summed E-state index contributed by atoms with van der Waals surface area (Å²) in [7, 11) is -3.37. The average Bonchev–Trinajstić information content (AvgIpc) is 3.09. The van der Waals surface area contributed by atoms with Gasteiger partial charge in [-0.05, 0) is 50.5 Å². The van der Waals surface area contributed by atoms with Gasteiger partial charge in [-0.2, -0.15) is 5.26 Å². The number of anilines is 1. The second kappa shape index (κ2) is 9.71. The fourth-order valence-electron chi connectivity index (χ4n) is 3.41. The van der Waals surface area contributed by atoms with Crippen molar-refractivity contribution in [1.82, 2.24) is 4.90 Å². The minimum Gasteiger partial charge on any atom is -0.450 e. The molecule has 0 aliphatic carbocycles. The van der Waals surface area contributed by atoms with Gasteiger partial charge in [-0.3, -0.25) is 4.79 Å². The maximum atomic E-state index is 12.6. The second-order valence-corrected chi connectivity index (χ2v) is 11.3. The molecule has 3 rings (SSSR count). The maximum Gasteiger partial charge on any atom is 0.410 e. The van der Waals surface area contributed by atoms with Gasteiger partial charge < -0.3 is 15.0 Å². The largest absolute Gasteiger partial charge is 0.450 e. The number of ether oxygens (including phenoxy) is 1. The molecular formula is C22H25N3O5S2. The van der Waals surface area contributed by atoms with Crippen molar-refractivity contribution in [3.63, 3.8) is 0 Å². The third-order valence-electron chi connectivity index (χ3n) is 5.18. The minimum absolute atomic E-state index is 0.0460. The van der Waals surface area contributed by atoms with E-state index in [1.807, 2.05) is 0 Å². The highest BCUT2D eigenvalue weighted by Gasteiger charge is 2.28. The van der Waals surface area contributed by atoms with Crippen LogP contribution < -0.4 is 5.32 Å². The monoisotopic (exact) mass is 475 g/mol. The minimum atomic E-state index is -3.37. The Balaban J connectivity index is 1.71. The molecular weight excluding hydrogens is 450 g/mol. The lowest BCUT2D eigenvalue weighted by molar-refractivity contribution is -0.115. The predicted molar refractivity (Wildman–Crippen MR) is 121 cm³/mol. The Hall–Kier alpha value is -2.90. The van der Waals surface area contributed by atoms with E-state index in [1.165, 1.54) is 23.5 Å². The van der Waals surface area contributed by atoms with E-state index in [0.29, 0.717) is 42.2 Å². The molecule has 32 heavy (non-hydrogen) atoms. The Bertz CT molecular complexity index is 1160. The summed E-state index contributed by atoms with van der Waals surface area (Å²) in [6.07, 6.45) is 0.179. The van der Waals surface area contributed by atoms with Gasteiger partial charge in [0.25, 0.3) is 0 Å². The molecule has 1 aromatic carbocycles. The maximum absolute atomic E-state index is 12.6. The number of benzene rings is 1. The molecule has 8 nitrogen and oxygen atoms in total. The van der Waals surface area contributed by atoms with Gasteiger partial charge in [0.1, 0.15) is 11.1 Å². The summed E-state index contributed by atoms with van der Waals surface area (Å²) in [6, 6.07) is 8.43. The summed E-state index contributed by atoms with van der Waals surface area (Å²) in [5, 5.41) is 12.4. The third kappa shape index (κ3) is 4.95. The number of rotatable bonds is 6. The smallest absolute Gasteiger partial charge is 0.410 e. The van der Waals surface area contributed by atoms with Crippen LogP contribution in [-0.4, -0.2) is 43.7 Å². The number of nitrogens with zero attached hydrogens (tertiary/aromatic N) is 2. The van der Waals surface area contributed by atoms with E-state index in [9.17, 15) is 23.3 Å². The topological polar surface area (TPSA) is 117 Å². The van der Waals surface area contributed by atoms with Crippen molar-refractivity contribution in [3.05, 3.63) is 45.8 Å². The van der Waals surface area contributed by atoms with Crippen LogP contribution in [0.3, 0.4) is 0 Å². The summed E-state index contributed by atoms with van der Waals surface area (Å²) in [4.78, 5) is 27.3. The fourth-order valence-corrected chi connectivity index (χ4v) is 5.70. The Morgan fingerprint density at radius 3 is 2.56 bits per heavy atom. The molecule has 0 unspecified atom stereocenters. The van der Waals surface area contributed by atoms with Gasteiger partial charge in [0, 0.05) is 11.4 Å². The van der Waals surface area contributed by atoms with Crippen molar-refractivity contribution in [2.45, 2.75) is 50.3 Å². The van der Waals surface area contributed by atoms with Crippen LogP contribution in [0.1, 0.15) is 42.3 Å². The normalized spacial score (nSPS) is 13.4. The van der Waals surface area contributed by atoms with Crippen molar-refractivity contribution < 1.29 is 22.7 Å². The molecule has 2 aromatic rings. The van der Waals surface area contributed by atoms with Crippen LogP contribution in [0.4, 0.5) is 9.80 Å². The summed E-state index contributed by atoms with van der Waals surface area (Å²) in [6.45, 7) is 6.08. The van der Waals surface area contributed by atoms with Crippen molar-refractivity contribution in [2.24, 2.45) is 0 Å². The highest BCUT2D eigenvalue weighted by Crippen LogP contribution is 2.36. The first-order valence-electron chi connectivity index (χ1n) is 10.3. The van der Waals surface area contributed by atoms with E-state index in [-0.39, 0.29) is 17.2 Å². The Labute approximate surface area is 191 Å². The molecule has 0 bridgehead atoms. The van der Waals surface area contributed by atoms with E-state index < -0.39 is 21.2 Å². The molecule has 0 saturated heterocycles. The molecule has 0 atom stereocenters. The van der Waals surface area contributed by atoms with E-state index in [2.05, 4.69) is 11.4 Å². The number of hydrogen-bond donors (Lipinski definition) is 1. The van der Waals surface area contributed by atoms with E-state index in [1.54, 1.807) is 37.8 Å². The standard InChI is InChI=1S/C22H25N3O5S2/c1-4-30-22(27)25-10-9-17-18(12-23)21(31-19(17)13-25)24-20(26)11-15-5-7-16(8-6-15)32(28,29)14(2)3/h5-8,14H,4,9-11,13H2,1-3H3,(H,24,26). The molecule has 170 valence electrons. The van der Waals surface area contributed by atoms with Gasteiger partial charge in [0.15, 0.2) is 9.84 Å². The molecule has 0 spiro atoms. The van der Waals surface area contributed by atoms with Crippen LogP contribution >= 0.6 is 11.3 Å². The zero-order valence-electron chi connectivity index (χ0n) is 18.2. The van der Waals surface area contributed by atoms with Crippen molar-refractivity contribution in [2.75, 3.05) is 18.5 Å². The average molecular weight is 476 g/mol. The Morgan fingerprint density at radius 1 is 1.28 bits per heavy atom. The number of sulfone groups is 1. The zero-order valence-corrected chi connectivity index (χ0v) is 19.8. The number of carbonyl (C=O) groups is 2. The summed E-state index contributed by atoms with van der Waals surface area (Å²) < 4.78 is 29.5. The quantitative estimate of drug-likeness (QED) is 0.683. The third-order valence-corrected chi connectivity index (χ3v) is 8.49. The van der Waals surface area contributed by atoms with Gasteiger partial charge >= 0.3 is 6.09 Å². The molecule has 0 radical (unpaired) electrons. The number of hydrogen-bond acceptors (Lipinski definition) is 7. The molecule has 1 aliphatic rings. The molecule has 1 N–H and O–H groups in total. The zero-order chi connectivity index (χ0) is 23.5. The number of nitriles is 1. The first-order chi connectivity index (χ1) is 15.2. The van der Waals surface area contributed by atoms with Crippen molar-refractivity contribution >= 4 is 38.2 Å². The number of carbonyl (C=O) groups excluding carboxylic acids is 2. The number of amides is 2. The number of fused-ring (bicyclic) bond motifs is 1. The second-order valence-electron chi connectivity index (χ2n) is 7.65. The Kier molecular flexibility index (Phi) is 7.21. The van der Waals surface area contributed by atoms with Crippen LogP contribution in [0.2, 0.25) is 0 Å². The lowest BCUT2D eigenvalue weighted by atomic mass is 10.0. The molecule has 1 aromatic heterocycles. The van der Waals surface area contributed by atoms with Crippen LogP contribution in [-0.2, 0) is 38.8 Å². The summed E-state index contributed by atoms with van der Waals surface area (Å²) >= 11 is 1.29. The van der Waals surface area contributed by atoms with Crippen LogP contribution in [0.15, 0.2) is 29.2 Å². The summed E-state index contributed by atoms with van der Waals surface area (Å²) in [5.41, 5.74) is 1.95. The molecule has 2 amide bonds. The van der Waals surface area contributed by atoms with E-state index >= 15 is 0 Å². The van der Waals surface area contributed by atoms with Crippen LogP contribution in [0.25, 0.3) is 0 Å². The van der Waals surface area contributed by atoms with E-state index in [0.717, 1.165) is 10.4 Å². The van der Waals surface area contributed by atoms with Crippen LogP contribution in [0.5, 0.6) is 0 Å². The highest BCUT2D eigenvalue weighted by molar-refractivity contribution is 7.92. The first-order valence-corrected chi connectivity index (χ1v) is 12.6. The molecule has 2 heterocycles. The number of nitrogens with one attached hydrogen (secondary N) is 1. The van der Waals surface area contributed by atoms with E-state index in [4.69, 9.17) is 4.74 Å². The van der Waals surface area contributed by atoms with Crippen molar-refractivity contribution in [3.8, 4) is 6.07 Å². The number of thiophene rings is 1. The van der Waals surface area contributed by atoms with Gasteiger partial charge in [-0.15, -0.1) is 11.3 Å². The predicted octanol–water partition coefficient (Wildman–Crippen LogP) is 3.50. The fraction of sp³-hybridized carbons (Fsp3) is 0.409. The lowest BCUT2D eigenvalue weighted by Crippen LogP contribution is -2.35. The van der Waals surface area contributed by atoms with Gasteiger partial charge in [0.2, 0.25) is 5.91 Å². The highest BCUT2D eigenvalue weighted by atomic mass is 32.2. The molecule has 0 fully saturated rings. The van der Waals surface area contributed by atoms with Crippen LogP contribution in [0, 0.1) is 11.3 Å². The lowest BCUT2D eigenvalue weighted by Gasteiger charge is -2.25. The van der Waals surface area contributed by atoms with Gasteiger partial charge in [-0.25, -0.2) is 13.2 Å².